The molecule has 0 aliphatic carbocycles. The van der Waals surface area contributed by atoms with Crippen LogP contribution in [0.1, 0.15) is 18.0 Å². The lowest BCUT2D eigenvalue weighted by molar-refractivity contribution is 0.196. The van der Waals surface area contributed by atoms with Gasteiger partial charge in [-0.15, -0.1) is 6.58 Å². The van der Waals surface area contributed by atoms with Crippen molar-refractivity contribution in [2.45, 2.75) is 12.5 Å². The summed E-state index contributed by atoms with van der Waals surface area (Å²) in [4.78, 5) is 11.9. The van der Waals surface area contributed by atoms with Crippen molar-refractivity contribution < 1.29 is 9.53 Å². The van der Waals surface area contributed by atoms with Crippen LogP contribution in [0.2, 0.25) is 0 Å². The zero-order chi connectivity index (χ0) is 14.2. The molecule has 1 amide bonds. The lowest BCUT2D eigenvalue weighted by Gasteiger charge is -2.17. The third-order valence-electron chi connectivity index (χ3n) is 2.85. The van der Waals surface area contributed by atoms with Gasteiger partial charge in [-0.2, -0.15) is 0 Å². The van der Waals surface area contributed by atoms with Crippen molar-refractivity contribution in [3.05, 3.63) is 78.9 Å². The van der Waals surface area contributed by atoms with Gasteiger partial charge in [0.25, 0.3) is 0 Å². The highest BCUT2D eigenvalue weighted by atomic mass is 16.6. The number of carbonyl (C=O) groups excluding carboxylic acids is 1. The third kappa shape index (κ3) is 3.99. The van der Waals surface area contributed by atoms with Crippen LogP contribution >= 0.6 is 0 Å². The van der Waals surface area contributed by atoms with E-state index in [1.807, 2.05) is 48.5 Å². The Bertz CT molecular complexity index is 552. The van der Waals surface area contributed by atoms with Crippen molar-refractivity contribution in [2.75, 3.05) is 0 Å². The fraction of sp³-hybridized carbons (Fsp3) is 0.118. The van der Waals surface area contributed by atoms with Gasteiger partial charge in [0.2, 0.25) is 0 Å². The average Bonchev–Trinajstić information content (AvgIpc) is 2.49. The number of carbonyl (C=O) groups is 1. The molecule has 3 heteroatoms. The minimum Gasteiger partial charge on any atom is -0.410 e. The molecule has 2 rings (SSSR count). The molecule has 0 fully saturated rings. The van der Waals surface area contributed by atoms with Gasteiger partial charge in [-0.05, 0) is 24.1 Å². The Hall–Kier alpha value is -2.55. The van der Waals surface area contributed by atoms with E-state index in [-0.39, 0.29) is 6.04 Å². The van der Waals surface area contributed by atoms with E-state index < -0.39 is 6.09 Å². The molecule has 0 saturated carbocycles. The van der Waals surface area contributed by atoms with Crippen molar-refractivity contribution in [3.8, 4) is 5.75 Å². The second kappa shape index (κ2) is 7.14. The summed E-state index contributed by atoms with van der Waals surface area (Å²) in [5.41, 5.74) is 1.03. The number of amides is 1. The quantitative estimate of drug-likeness (QED) is 0.828. The molecule has 0 heterocycles. The van der Waals surface area contributed by atoms with E-state index in [2.05, 4.69) is 11.9 Å². The Labute approximate surface area is 118 Å². The summed E-state index contributed by atoms with van der Waals surface area (Å²) in [6, 6.07) is 18.6. The van der Waals surface area contributed by atoms with Gasteiger partial charge in [0.15, 0.2) is 0 Å². The van der Waals surface area contributed by atoms with Crippen LogP contribution in [0, 0.1) is 0 Å². The molecule has 0 aliphatic heterocycles. The fourth-order valence-corrected chi connectivity index (χ4v) is 1.90. The van der Waals surface area contributed by atoms with E-state index in [0.717, 1.165) is 5.56 Å². The molecule has 0 spiro atoms. The van der Waals surface area contributed by atoms with Crippen LogP contribution in [-0.2, 0) is 0 Å². The van der Waals surface area contributed by atoms with Gasteiger partial charge in [-0.1, -0.05) is 54.6 Å². The summed E-state index contributed by atoms with van der Waals surface area (Å²) >= 11 is 0. The van der Waals surface area contributed by atoms with E-state index in [1.54, 1.807) is 18.2 Å². The molecule has 0 aliphatic rings. The van der Waals surface area contributed by atoms with E-state index in [0.29, 0.717) is 12.2 Å². The van der Waals surface area contributed by atoms with Crippen molar-refractivity contribution in [1.82, 2.24) is 5.32 Å². The zero-order valence-corrected chi connectivity index (χ0v) is 11.2. The number of benzene rings is 2. The van der Waals surface area contributed by atoms with Crippen LogP contribution in [-0.4, -0.2) is 6.09 Å². The largest absolute Gasteiger partial charge is 0.413 e. The first-order chi connectivity index (χ1) is 9.79. The molecule has 0 radical (unpaired) electrons. The van der Waals surface area contributed by atoms with Gasteiger partial charge in [0.1, 0.15) is 5.75 Å². The van der Waals surface area contributed by atoms with Gasteiger partial charge < -0.3 is 10.1 Å². The third-order valence-corrected chi connectivity index (χ3v) is 2.85. The van der Waals surface area contributed by atoms with Gasteiger partial charge in [-0.3, -0.25) is 0 Å². The molecule has 0 aromatic heterocycles. The lowest BCUT2D eigenvalue weighted by atomic mass is 10.0. The first-order valence-corrected chi connectivity index (χ1v) is 6.49. The Morgan fingerprint density at radius 3 is 2.30 bits per heavy atom. The SMILES string of the molecule is C=CCC(NC(=O)Oc1ccccc1)c1ccccc1. The summed E-state index contributed by atoms with van der Waals surface area (Å²) in [7, 11) is 0. The fourth-order valence-electron chi connectivity index (χ4n) is 1.90. The van der Waals surface area contributed by atoms with Crippen LogP contribution in [0.5, 0.6) is 5.75 Å². The maximum atomic E-state index is 11.9. The molecule has 0 bridgehead atoms. The number of nitrogens with one attached hydrogen (secondary N) is 1. The van der Waals surface area contributed by atoms with Crippen LogP contribution < -0.4 is 10.1 Å². The Morgan fingerprint density at radius 1 is 1.10 bits per heavy atom. The smallest absolute Gasteiger partial charge is 0.410 e. The highest BCUT2D eigenvalue weighted by Crippen LogP contribution is 2.17. The lowest BCUT2D eigenvalue weighted by Crippen LogP contribution is -2.30. The monoisotopic (exact) mass is 267 g/mol. The van der Waals surface area contributed by atoms with E-state index in [9.17, 15) is 4.79 Å². The summed E-state index contributed by atoms with van der Waals surface area (Å²) in [6.45, 7) is 3.73. The van der Waals surface area contributed by atoms with Crippen molar-refractivity contribution in [3.63, 3.8) is 0 Å². The Morgan fingerprint density at radius 2 is 1.70 bits per heavy atom. The molecular formula is C17H17NO2. The minimum absolute atomic E-state index is 0.134. The Kier molecular flexibility index (Phi) is 4.95. The number of ether oxygens (including phenoxy) is 1. The zero-order valence-electron chi connectivity index (χ0n) is 11.2. The molecule has 1 atom stereocenters. The first-order valence-electron chi connectivity index (χ1n) is 6.49. The summed E-state index contributed by atoms with van der Waals surface area (Å²) in [6.07, 6.45) is 1.96. The van der Waals surface area contributed by atoms with Crippen LogP contribution in [0.25, 0.3) is 0 Å². The topological polar surface area (TPSA) is 38.3 Å². The number of hydrogen-bond donors (Lipinski definition) is 1. The number of rotatable bonds is 5. The van der Waals surface area contributed by atoms with Crippen LogP contribution in [0.15, 0.2) is 73.3 Å². The molecule has 2 aromatic carbocycles. The standard InChI is InChI=1S/C17H17NO2/c1-2-9-16(14-10-5-3-6-11-14)18-17(19)20-15-12-7-4-8-13-15/h2-8,10-13,16H,1,9H2,(H,18,19). The molecule has 102 valence electrons. The molecular weight excluding hydrogens is 250 g/mol. The Balaban J connectivity index is 2.01. The molecule has 20 heavy (non-hydrogen) atoms. The molecule has 1 unspecified atom stereocenters. The first kappa shape index (κ1) is 13.9. The van der Waals surface area contributed by atoms with Crippen molar-refractivity contribution >= 4 is 6.09 Å². The summed E-state index contributed by atoms with van der Waals surface area (Å²) in [5, 5.41) is 2.85. The molecule has 3 nitrogen and oxygen atoms in total. The van der Waals surface area contributed by atoms with E-state index in [4.69, 9.17) is 4.74 Å². The maximum Gasteiger partial charge on any atom is 0.413 e. The van der Waals surface area contributed by atoms with Gasteiger partial charge in [0, 0.05) is 0 Å². The van der Waals surface area contributed by atoms with E-state index in [1.165, 1.54) is 0 Å². The van der Waals surface area contributed by atoms with Crippen molar-refractivity contribution in [2.24, 2.45) is 0 Å². The highest BCUT2D eigenvalue weighted by Gasteiger charge is 2.14. The normalized spacial score (nSPS) is 11.4. The van der Waals surface area contributed by atoms with Crippen molar-refractivity contribution in [1.29, 1.82) is 0 Å². The maximum absolute atomic E-state index is 11.9. The summed E-state index contributed by atoms with van der Waals surface area (Å²) in [5.74, 6) is 0.524. The van der Waals surface area contributed by atoms with Gasteiger partial charge in [-0.25, -0.2) is 4.79 Å². The van der Waals surface area contributed by atoms with Crippen LogP contribution in [0.3, 0.4) is 0 Å². The predicted molar refractivity (Wildman–Crippen MR) is 79.6 cm³/mol. The molecule has 1 N–H and O–H groups in total. The predicted octanol–water partition coefficient (Wildman–Crippen LogP) is 4.09. The van der Waals surface area contributed by atoms with E-state index >= 15 is 0 Å². The molecule has 2 aromatic rings. The van der Waals surface area contributed by atoms with Gasteiger partial charge in [0.05, 0.1) is 6.04 Å². The minimum atomic E-state index is -0.466. The number of hydrogen-bond acceptors (Lipinski definition) is 2. The van der Waals surface area contributed by atoms with Gasteiger partial charge >= 0.3 is 6.09 Å². The second-order valence-corrected chi connectivity index (χ2v) is 4.33. The average molecular weight is 267 g/mol. The second-order valence-electron chi connectivity index (χ2n) is 4.33. The summed E-state index contributed by atoms with van der Waals surface area (Å²) < 4.78 is 5.23. The highest BCUT2D eigenvalue weighted by molar-refractivity contribution is 5.71. The molecule has 0 saturated heterocycles. The van der Waals surface area contributed by atoms with Crippen LogP contribution in [0.4, 0.5) is 4.79 Å². The number of para-hydroxylation sites is 1.